The van der Waals surface area contributed by atoms with Crippen molar-refractivity contribution in [2.24, 2.45) is 0 Å². The van der Waals surface area contributed by atoms with Gasteiger partial charge in [0.25, 0.3) is 0 Å². The summed E-state index contributed by atoms with van der Waals surface area (Å²) in [5.41, 5.74) is -3.06. The molecule has 9 heteroatoms. The van der Waals surface area contributed by atoms with E-state index in [2.05, 4.69) is 11.3 Å². The first-order valence-electron chi connectivity index (χ1n) is 6.64. The molecular formula is C14H19F5O4. The second-order valence-electron chi connectivity index (χ2n) is 5.54. The molecule has 2 atom stereocenters. The maximum Gasteiger partial charge on any atom is 0.428 e. The van der Waals surface area contributed by atoms with Gasteiger partial charge in [-0.25, -0.2) is 9.59 Å². The van der Waals surface area contributed by atoms with Crippen molar-refractivity contribution in [1.82, 2.24) is 0 Å². The molecule has 0 bridgehead atoms. The van der Waals surface area contributed by atoms with E-state index in [0.717, 1.165) is 0 Å². The molecule has 0 aromatic carbocycles. The van der Waals surface area contributed by atoms with Gasteiger partial charge in [0.2, 0.25) is 5.60 Å². The molecule has 23 heavy (non-hydrogen) atoms. The Kier molecular flexibility index (Phi) is 6.74. The number of halogens is 5. The number of hydrogen-bond acceptors (Lipinski definition) is 4. The lowest BCUT2D eigenvalue weighted by Crippen LogP contribution is -2.49. The monoisotopic (exact) mass is 346 g/mol. The normalized spacial score (nSPS) is 16.2. The van der Waals surface area contributed by atoms with E-state index in [0.29, 0.717) is 6.92 Å². The summed E-state index contributed by atoms with van der Waals surface area (Å²) >= 11 is 0. The first-order valence-corrected chi connectivity index (χ1v) is 6.64. The van der Waals surface area contributed by atoms with Crippen LogP contribution in [-0.2, 0) is 19.1 Å². The van der Waals surface area contributed by atoms with Crippen molar-refractivity contribution in [1.29, 1.82) is 0 Å². The van der Waals surface area contributed by atoms with Crippen molar-refractivity contribution >= 4 is 11.9 Å². The molecule has 0 spiro atoms. The van der Waals surface area contributed by atoms with Gasteiger partial charge < -0.3 is 9.47 Å². The Bertz CT molecular complexity index is 467. The van der Waals surface area contributed by atoms with Crippen molar-refractivity contribution in [3.63, 3.8) is 0 Å². The van der Waals surface area contributed by atoms with E-state index >= 15 is 0 Å². The van der Waals surface area contributed by atoms with Crippen LogP contribution in [0.15, 0.2) is 12.2 Å². The third-order valence-corrected chi connectivity index (χ3v) is 2.96. The molecule has 2 unspecified atom stereocenters. The summed E-state index contributed by atoms with van der Waals surface area (Å²) in [5, 5.41) is 0. The van der Waals surface area contributed by atoms with E-state index in [9.17, 15) is 31.5 Å². The average Bonchev–Trinajstić information content (AvgIpc) is 2.33. The fourth-order valence-electron chi connectivity index (χ4n) is 1.37. The highest BCUT2D eigenvalue weighted by Crippen LogP contribution is 2.39. The third-order valence-electron chi connectivity index (χ3n) is 2.96. The molecule has 134 valence electrons. The first-order chi connectivity index (χ1) is 10.1. The maximum absolute atomic E-state index is 13.1. The van der Waals surface area contributed by atoms with Crippen LogP contribution in [0, 0.1) is 0 Å². The summed E-state index contributed by atoms with van der Waals surface area (Å²) < 4.78 is 73.5. The van der Waals surface area contributed by atoms with Gasteiger partial charge in [-0.3, -0.25) is 0 Å². The second-order valence-corrected chi connectivity index (χ2v) is 5.54. The number of ether oxygens (including phenoxy) is 2. The van der Waals surface area contributed by atoms with Crippen LogP contribution in [0.3, 0.4) is 0 Å². The van der Waals surface area contributed by atoms with E-state index in [1.807, 2.05) is 0 Å². The van der Waals surface area contributed by atoms with Crippen LogP contribution < -0.4 is 0 Å². The summed E-state index contributed by atoms with van der Waals surface area (Å²) in [6.45, 7) is 6.64. The molecule has 0 aromatic heterocycles. The van der Waals surface area contributed by atoms with Crippen LogP contribution in [0.25, 0.3) is 0 Å². The van der Waals surface area contributed by atoms with E-state index in [1.165, 1.54) is 13.8 Å². The second kappa shape index (κ2) is 7.27. The zero-order valence-electron chi connectivity index (χ0n) is 13.2. The number of carbonyl (C=O) groups is 2. The quantitative estimate of drug-likeness (QED) is 0.400. The van der Waals surface area contributed by atoms with Gasteiger partial charge >= 0.3 is 24.0 Å². The topological polar surface area (TPSA) is 52.6 Å². The number of esters is 2. The van der Waals surface area contributed by atoms with Crippen molar-refractivity contribution in [3.05, 3.63) is 12.2 Å². The van der Waals surface area contributed by atoms with Gasteiger partial charge in [0.15, 0.2) is 0 Å². The molecule has 0 N–H and O–H groups in total. The van der Waals surface area contributed by atoms with Crippen LogP contribution >= 0.6 is 0 Å². The molecule has 0 fully saturated rings. The van der Waals surface area contributed by atoms with Crippen LogP contribution in [0.4, 0.5) is 22.0 Å². The molecule has 0 aliphatic carbocycles. The van der Waals surface area contributed by atoms with Gasteiger partial charge in [-0.1, -0.05) is 6.58 Å². The number of hydrogen-bond donors (Lipinski definition) is 0. The Hall–Kier alpha value is -1.67. The van der Waals surface area contributed by atoms with Crippen molar-refractivity contribution in [3.8, 4) is 0 Å². The number of carbonyl (C=O) groups excluding carboxylic acids is 2. The molecule has 0 saturated carbocycles. The van der Waals surface area contributed by atoms with Gasteiger partial charge in [0, 0.05) is 12.5 Å². The lowest BCUT2D eigenvalue weighted by Gasteiger charge is -2.33. The molecule has 0 radical (unpaired) electrons. The van der Waals surface area contributed by atoms with Crippen molar-refractivity contribution in [2.75, 3.05) is 0 Å². The largest absolute Gasteiger partial charge is 0.459 e. The molecule has 0 aliphatic heterocycles. The first kappa shape index (κ1) is 21.3. The van der Waals surface area contributed by atoms with Gasteiger partial charge in [-0.05, 0) is 33.6 Å². The minimum absolute atomic E-state index is 0.0625. The predicted octanol–water partition coefficient (Wildman–Crippen LogP) is 3.79. The van der Waals surface area contributed by atoms with Crippen LogP contribution in [0.5, 0.6) is 0 Å². The summed E-state index contributed by atoms with van der Waals surface area (Å²) in [7, 11) is 0. The van der Waals surface area contributed by atoms with Gasteiger partial charge in [0.05, 0.1) is 6.10 Å². The molecule has 4 nitrogen and oxygen atoms in total. The van der Waals surface area contributed by atoms with Crippen LogP contribution in [0.2, 0.25) is 0 Å². The highest BCUT2D eigenvalue weighted by molar-refractivity contribution is 5.87. The van der Waals surface area contributed by atoms with Gasteiger partial charge in [-0.15, -0.1) is 0 Å². The standard InChI is InChI=1S/C14H19F5O4/c1-8(2)10(20)22-9(3)6-7-12(4,14(17,18)19)23-11(21)13(5,15)16/h9H,1,6-7H2,2-5H3. The number of alkyl halides is 5. The SMILES string of the molecule is C=C(C)C(=O)OC(C)CCC(C)(OC(=O)C(C)(F)F)C(F)(F)F. The molecule has 0 aromatic rings. The lowest BCUT2D eigenvalue weighted by molar-refractivity contribution is -0.274. The molecule has 0 aliphatic rings. The third kappa shape index (κ3) is 6.54. The number of rotatable bonds is 7. The summed E-state index contributed by atoms with van der Waals surface area (Å²) in [6.07, 6.45) is -7.20. The van der Waals surface area contributed by atoms with Crippen LogP contribution in [-0.4, -0.2) is 35.7 Å². The zero-order valence-corrected chi connectivity index (χ0v) is 13.2. The Morgan fingerprint density at radius 1 is 1.13 bits per heavy atom. The van der Waals surface area contributed by atoms with Gasteiger partial charge in [-0.2, -0.15) is 22.0 Å². The van der Waals surface area contributed by atoms with Gasteiger partial charge in [0.1, 0.15) is 0 Å². The van der Waals surface area contributed by atoms with Crippen molar-refractivity contribution in [2.45, 2.75) is 64.3 Å². The Labute approximate surface area is 130 Å². The maximum atomic E-state index is 13.1. The fourth-order valence-corrected chi connectivity index (χ4v) is 1.37. The van der Waals surface area contributed by atoms with E-state index in [4.69, 9.17) is 4.74 Å². The summed E-state index contributed by atoms with van der Waals surface area (Å²) in [6, 6.07) is 0. The molecule has 0 amide bonds. The van der Waals surface area contributed by atoms with Crippen molar-refractivity contribution < 1.29 is 41.0 Å². The minimum Gasteiger partial charge on any atom is -0.459 e. The highest BCUT2D eigenvalue weighted by atomic mass is 19.4. The molecule has 0 saturated heterocycles. The lowest BCUT2D eigenvalue weighted by atomic mass is 9.97. The fraction of sp³-hybridized carbons (Fsp3) is 0.714. The average molecular weight is 346 g/mol. The smallest absolute Gasteiger partial charge is 0.428 e. The van der Waals surface area contributed by atoms with Crippen LogP contribution in [0.1, 0.15) is 40.5 Å². The van der Waals surface area contributed by atoms with E-state index in [-0.39, 0.29) is 18.9 Å². The molecule has 0 heterocycles. The summed E-state index contributed by atoms with van der Waals surface area (Å²) in [5.74, 6) is -7.11. The summed E-state index contributed by atoms with van der Waals surface area (Å²) in [4.78, 5) is 22.3. The minimum atomic E-state index is -5.06. The zero-order chi connectivity index (χ0) is 18.6. The van der Waals surface area contributed by atoms with E-state index in [1.54, 1.807) is 0 Å². The Morgan fingerprint density at radius 3 is 1.96 bits per heavy atom. The Balaban J connectivity index is 4.98. The molecular weight excluding hydrogens is 327 g/mol. The predicted molar refractivity (Wildman–Crippen MR) is 70.8 cm³/mol. The highest BCUT2D eigenvalue weighted by Gasteiger charge is 2.56. The van der Waals surface area contributed by atoms with E-state index < -0.39 is 42.2 Å². The molecule has 0 rings (SSSR count). The Morgan fingerprint density at radius 2 is 1.61 bits per heavy atom.